The summed E-state index contributed by atoms with van der Waals surface area (Å²) >= 11 is 5.54. The molecule has 1 aliphatic heterocycles. The van der Waals surface area contributed by atoms with Crippen LogP contribution in [0.15, 0.2) is 0 Å². The number of nitrogens with zero attached hydrogens (tertiary/aromatic N) is 1. The lowest BCUT2D eigenvalue weighted by Crippen LogP contribution is -2.44. The third kappa shape index (κ3) is 2.34. The van der Waals surface area contributed by atoms with Crippen LogP contribution in [0, 0.1) is 5.92 Å². The number of halogens is 1. The summed E-state index contributed by atoms with van der Waals surface area (Å²) in [4.78, 5) is 0. The molecule has 0 aliphatic carbocycles. The molecule has 0 radical (unpaired) electrons. The molecule has 1 saturated heterocycles. The average Bonchev–Trinajstić information content (AvgIpc) is 1.80. The molecular weight excluding hydrogens is 198 g/mol. The third-order valence-electron chi connectivity index (χ3n) is 1.97. The monoisotopic (exact) mass is 211 g/mol. The van der Waals surface area contributed by atoms with E-state index < -0.39 is 10.0 Å². The highest BCUT2D eigenvalue weighted by molar-refractivity contribution is 7.89. The van der Waals surface area contributed by atoms with Gasteiger partial charge in [-0.1, -0.05) is 6.92 Å². The predicted octanol–water partition coefficient (Wildman–Crippen LogP) is 0.897. The molecule has 5 heteroatoms. The van der Waals surface area contributed by atoms with Crippen LogP contribution in [0.4, 0.5) is 0 Å². The quantitative estimate of drug-likeness (QED) is 0.648. The second-order valence-electron chi connectivity index (χ2n) is 3.29. The smallest absolute Gasteiger partial charge is 0.212 e. The van der Waals surface area contributed by atoms with Crippen molar-refractivity contribution in [2.75, 3.05) is 24.7 Å². The van der Waals surface area contributed by atoms with Gasteiger partial charge in [-0.05, 0) is 12.3 Å². The first-order valence-corrected chi connectivity index (χ1v) is 6.24. The minimum absolute atomic E-state index is 0.0530. The summed E-state index contributed by atoms with van der Waals surface area (Å²) in [5.41, 5.74) is 0. The van der Waals surface area contributed by atoms with Crippen LogP contribution >= 0.6 is 11.6 Å². The Morgan fingerprint density at radius 2 is 2.08 bits per heavy atom. The van der Waals surface area contributed by atoms with Crippen molar-refractivity contribution in [1.29, 1.82) is 0 Å². The van der Waals surface area contributed by atoms with Crippen LogP contribution in [0.5, 0.6) is 0 Å². The van der Waals surface area contributed by atoms with Crippen LogP contribution in [0.3, 0.4) is 0 Å². The van der Waals surface area contributed by atoms with E-state index in [2.05, 4.69) is 0 Å². The number of hydrogen-bond acceptors (Lipinski definition) is 2. The first kappa shape index (κ1) is 10.3. The summed E-state index contributed by atoms with van der Waals surface area (Å²) in [5.74, 6) is 0.654. The molecule has 0 amide bonds. The summed E-state index contributed by atoms with van der Waals surface area (Å²) < 4.78 is 24.4. The Labute approximate surface area is 78.7 Å². The maximum Gasteiger partial charge on any atom is 0.214 e. The van der Waals surface area contributed by atoms with Crippen molar-refractivity contribution >= 4 is 21.6 Å². The molecule has 1 rings (SSSR count). The fraction of sp³-hybridized carbons (Fsp3) is 1.00. The molecule has 0 aromatic rings. The predicted molar refractivity (Wildman–Crippen MR) is 49.9 cm³/mol. The standard InChI is InChI=1S/C7H14ClNO2S/c1-7(5-8)6-12(10,11)9-3-2-4-9/h7H,2-6H2,1H3. The summed E-state index contributed by atoms with van der Waals surface area (Å²) in [6.45, 7) is 3.24. The van der Waals surface area contributed by atoms with Crippen molar-refractivity contribution < 1.29 is 8.42 Å². The lowest BCUT2D eigenvalue weighted by Gasteiger charge is -2.30. The van der Waals surface area contributed by atoms with Crippen LogP contribution in [0.2, 0.25) is 0 Å². The molecule has 1 unspecified atom stereocenters. The van der Waals surface area contributed by atoms with E-state index in [1.807, 2.05) is 6.92 Å². The molecule has 0 spiro atoms. The minimum atomic E-state index is -2.99. The van der Waals surface area contributed by atoms with E-state index in [4.69, 9.17) is 11.6 Å². The Balaban J connectivity index is 2.48. The van der Waals surface area contributed by atoms with Gasteiger partial charge in [0.25, 0.3) is 0 Å². The number of rotatable bonds is 4. The van der Waals surface area contributed by atoms with Crippen LogP contribution < -0.4 is 0 Å². The zero-order valence-electron chi connectivity index (χ0n) is 7.16. The molecular formula is C7H14ClNO2S. The van der Waals surface area contributed by atoms with E-state index in [1.165, 1.54) is 4.31 Å². The summed E-state index contributed by atoms with van der Waals surface area (Å²) in [5, 5.41) is 0. The van der Waals surface area contributed by atoms with Crippen LogP contribution in [0.25, 0.3) is 0 Å². The van der Waals surface area contributed by atoms with E-state index in [0.29, 0.717) is 19.0 Å². The molecule has 0 bridgehead atoms. The zero-order chi connectivity index (χ0) is 9.19. The highest BCUT2D eigenvalue weighted by atomic mass is 35.5. The Morgan fingerprint density at radius 3 is 2.42 bits per heavy atom. The molecule has 1 fully saturated rings. The zero-order valence-corrected chi connectivity index (χ0v) is 8.74. The molecule has 0 saturated carbocycles. The summed E-state index contributed by atoms with van der Waals surface area (Å²) in [7, 11) is -2.99. The highest BCUT2D eigenvalue weighted by Crippen LogP contribution is 2.15. The molecule has 0 aromatic heterocycles. The Hall–Kier alpha value is 0.200. The van der Waals surface area contributed by atoms with Gasteiger partial charge in [-0.2, -0.15) is 0 Å². The summed E-state index contributed by atoms with van der Waals surface area (Å²) in [6.07, 6.45) is 0.995. The second kappa shape index (κ2) is 3.94. The van der Waals surface area contributed by atoms with Gasteiger partial charge in [0.2, 0.25) is 10.0 Å². The molecule has 72 valence electrons. The molecule has 1 aliphatic rings. The number of hydrogen-bond donors (Lipinski definition) is 0. The highest BCUT2D eigenvalue weighted by Gasteiger charge is 2.28. The summed E-state index contributed by atoms with van der Waals surface area (Å²) in [6, 6.07) is 0. The van der Waals surface area contributed by atoms with Gasteiger partial charge >= 0.3 is 0 Å². The van der Waals surface area contributed by atoms with Gasteiger partial charge in [0.1, 0.15) is 0 Å². The van der Waals surface area contributed by atoms with Gasteiger partial charge in [-0.25, -0.2) is 12.7 Å². The SMILES string of the molecule is CC(CCl)CS(=O)(=O)N1CCC1. The van der Waals surface area contributed by atoms with Crippen LogP contribution in [-0.4, -0.2) is 37.4 Å². The van der Waals surface area contributed by atoms with Gasteiger partial charge < -0.3 is 0 Å². The Morgan fingerprint density at radius 1 is 1.50 bits per heavy atom. The molecule has 1 atom stereocenters. The topological polar surface area (TPSA) is 37.4 Å². The fourth-order valence-electron chi connectivity index (χ4n) is 1.07. The average molecular weight is 212 g/mol. The third-order valence-corrected chi connectivity index (χ3v) is 4.64. The van der Waals surface area contributed by atoms with E-state index in [1.54, 1.807) is 0 Å². The number of alkyl halides is 1. The normalized spacial score (nSPS) is 21.8. The fourth-order valence-corrected chi connectivity index (χ4v) is 3.18. The molecule has 0 N–H and O–H groups in total. The van der Waals surface area contributed by atoms with Crippen molar-refractivity contribution in [3.8, 4) is 0 Å². The van der Waals surface area contributed by atoms with E-state index in [-0.39, 0.29) is 11.7 Å². The van der Waals surface area contributed by atoms with Gasteiger partial charge in [-0.15, -0.1) is 11.6 Å². The molecule has 3 nitrogen and oxygen atoms in total. The lowest BCUT2D eigenvalue weighted by molar-refractivity contribution is 0.307. The lowest BCUT2D eigenvalue weighted by atomic mass is 10.3. The Kier molecular flexibility index (Phi) is 3.37. The van der Waals surface area contributed by atoms with Gasteiger partial charge in [0.15, 0.2) is 0 Å². The number of sulfonamides is 1. The van der Waals surface area contributed by atoms with Crippen molar-refractivity contribution in [3.63, 3.8) is 0 Å². The van der Waals surface area contributed by atoms with Crippen LogP contribution in [-0.2, 0) is 10.0 Å². The van der Waals surface area contributed by atoms with E-state index in [9.17, 15) is 8.42 Å². The van der Waals surface area contributed by atoms with E-state index >= 15 is 0 Å². The second-order valence-corrected chi connectivity index (χ2v) is 5.61. The van der Waals surface area contributed by atoms with Crippen LogP contribution in [0.1, 0.15) is 13.3 Å². The first-order valence-electron chi connectivity index (χ1n) is 4.10. The molecule has 12 heavy (non-hydrogen) atoms. The molecule has 1 heterocycles. The van der Waals surface area contributed by atoms with Crippen molar-refractivity contribution in [3.05, 3.63) is 0 Å². The minimum Gasteiger partial charge on any atom is -0.212 e. The van der Waals surface area contributed by atoms with E-state index in [0.717, 1.165) is 6.42 Å². The van der Waals surface area contributed by atoms with Gasteiger partial charge in [-0.3, -0.25) is 0 Å². The van der Waals surface area contributed by atoms with Crippen molar-refractivity contribution in [2.24, 2.45) is 5.92 Å². The maximum absolute atomic E-state index is 11.4. The van der Waals surface area contributed by atoms with Gasteiger partial charge in [0, 0.05) is 19.0 Å². The largest absolute Gasteiger partial charge is 0.214 e. The molecule has 0 aromatic carbocycles. The first-order chi connectivity index (χ1) is 5.56. The van der Waals surface area contributed by atoms with Crippen molar-refractivity contribution in [2.45, 2.75) is 13.3 Å². The van der Waals surface area contributed by atoms with Crippen molar-refractivity contribution in [1.82, 2.24) is 4.31 Å². The maximum atomic E-state index is 11.4. The van der Waals surface area contributed by atoms with Gasteiger partial charge in [0.05, 0.1) is 5.75 Å². The Bertz CT molecular complexity index is 236.